The molecule has 1 atom stereocenters. The molecule has 0 saturated carbocycles. The molecule has 2 N–H and O–H groups in total. The monoisotopic (exact) mass is 320 g/mol. The van der Waals surface area contributed by atoms with E-state index in [1.165, 1.54) is 0 Å². The number of hydrogen-bond donors (Lipinski definition) is 2. The van der Waals surface area contributed by atoms with E-state index in [-0.39, 0.29) is 6.04 Å². The van der Waals surface area contributed by atoms with Crippen molar-refractivity contribution in [3.63, 3.8) is 0 Å². The third-order valence-corrected chi connectivity index (χ3v) is 3.31. The molecule has 1 aromatic rings. The minimum atomic E-state index is 0.170. The van der Waals surface area contributed by atoms with Gasteiger partial charge in [-0.05, 0) is 13.3 Å². The molecule has 6 nitrogen and oxygen atoms in total. The van der Waals surface area contributed by atoms with Crippen LogP contribution in [-0.4, -0.2) is 30.2 Å². The van der Waals surface area contributed by atoms with Gasteiger partial charge in [0.2, 0.25) is 5.95 Å². The average molecular weight is 320 g/mol. The van der Waals surface area contributed by atoms with E-state index in [1.54, 1.807) is 20.4 Å². The van der Waals surface area contributed by atoms with E-state index in [4.69, 9.17) is 9.47 Å². The first-order valence-corrected chi connectivity index (χ1v) is 7.82. The van der Waals surface area contributed by atoms with Crippen molar-refractivity contribution in [2.24, 2.45) is 0 Å². The topological polar surface area (TPSA) is 68.3 Å². The fourth-order valence-corrected chi connectivity index (χ4v) is 2.10. The van der Waals surface area contributed by atoms with Crippen LogP contribution in [-0.2, 0) is 4.74 Å². The summed E-state index contributed by atoms with van der Waals surface area (Å²) >= 11 is 0. The Kier molecular flexibility index (Phi) is 7.94. The van der Waals surface area contributed by atoms with Crippen LogP contribution in [0.1, 0.15) is 39.5 Å². The highest BCUT2D eigenvalue weighted by molar-refractivity contribution is 5.53. The highest BCUT2D eigenvalue weighted by Gasteiger charge is 2.15. The number of hydrogen-bond acceptors (Lipinski definition) is 6. The number of aromatic nitrogens is 2. The molecule has 0 aliphatic rings. The Hall–Kier alpha value is -2.24. The molecule has 0 aliphatic carbocycles. The number of anilines is 2. The summed E-state index contributed by atoms with van der Waals surface area (Å²) in [6.07, 6.45) is 5.59. The predicted molar refractivity (Wildman–Crippen MR) is 94.7 cm³/mol. The molecule has 1 aromatic heterocycles. The van der Waals surface area contributed by atoms with Crippen LogP contribution in [0.5, 0.6) is 5.75 Å². The molecule has 0 aromatic carbocycles. The minimum absolute atomic E-state index is 0.170. The Balaban J connectivity index is 2.94. The first-order chi connectivity index (χ1) is 11.0. The van der Waals surface area contributed by atoms with E-state index < -0.39 is 0 Å². The molecule has 6 heteroatoms. The van der Waals surface area contributed by atoms with Crippen LogP contribution in [0.3, 0.4) is 0 Å². The zero-order valence-electron chi connectivity index (χ0n) is 14.6. The van der Waals surface area contributed by atoms with Gasteiger partial charge in [-0.3, -0.25) is 0 Å². The number of nitrogens with one attached hydrogen (secondary N) is 2. The Labute approximate surface area is 139 Å². The number of allylic oxidation sites excluding steroid dienone is 1. The first kappa shape index (κ1) is 18.8. The van der Waals surface area contributed by atoms with Crippen LogP contribution in [0.15, 0.2) is 30.8 Å². The normalized spacial score (nSPS) is 11.5. The largest absolute Gasteiger partial charge is 0.502 e. The maximum absolute atomic E-state index is 5.35. The summed E-state index contributed by atoms with van der Waals surface area (Å²) in [5.74, 6) is 2.48. The second kappa shape index (κ2) is 9.71. The molecule has 23 heavy (non-hydrogen) atoms. The maximum atomic E-state index is 5.35. The van der Waals surface area contributed by atoms with Gasteiger partial charge in [-0.25, -0.2) is 4.98 Å². The van der Waals surface area contributed by atoms with Crippen molar-refractivity contribution >= 4 is 11.8 Å². The zero-order chi connectivity index (χ0) is 17.2. The molecule has 0 spiro atoms. The van der Waals surface area contributed by atoms with Crippen LogP contribution in [0.4, 0.5) is 11.8 Å². The smallest absolute Gasteiger partial charge is 0.229 e. The van der Waals surface area contributed by atoms with E-state index in [2.05, 4.69) is 40.7 Å². The first-order valence-electron chi connectivity index (χ1n) is 7.82. The fourth-order valence-electron chi connectivity index (χ4n) is 2.10. The van der Waals surface area contributed by atoms with E-state index in [0.29, 0.717) is 23.9 Å². The van der Waals surface area contributed by atoms with Gasteiger partial charge in [-0.15, -0.1) is 0 Å². The molecular formula is C17H28N4O2. The molecule has 128 valence electrons. The number of nitrogens with zero attached hydrogens (tertiary/aromatic N) is 2. The van der Waals surface area contributed by atoms with E-state index in [0.717, 1.165) is 30.7 Å². The van der Waals surface area contributed by atoms with Gasteiger partial charge in [0, 0.05) is 18.2 Å². The van der Waals surface area contributed by atoms with Crippen molar-refractivity contribution in [3.05, 3.63) is 30.8 Å². The van der Waals surface area contributed by atoms with Gasteiger partial charge < -0.3 is 20.1 Å². The van der Waals surface area contributed by atoms with Crippen LogP contribution < -0.4 is 15.4 Å². The molecule has 0 aliphatic heterocycles. The van der Waals surface area contributed by atoms with Crippen molar-refractivity contribution < 1.29 is 9.47 Å². The van der Waals surface area contributed by atoms with Crippen molar-refractivity contribution in [2.75, 3.05) is 24.9 Å². The summed E-state index contributed by atoms with van der Waals surface area (Å²) in [6.45, 7) is 11.7. The molecule has 1 heterocycles. The van der Waals surface area contributed by atoms with E-state index >= 15 is 0 Å². The van der Waals surface area contributed by atoms with Crippen LogP contribution in [0.2, 0.25) is 0 Å². The highest BCUT2D eigenvalue weighted by atomic mass is 16.5. The Morgan fingerprint density at radius 2 is 2.09 bits per heavy atom. The van der Waals surface area contributed by atoms with Gasteiger partial charge in [0.05, 0.1) is 26.2 Å². The lowest BCUT2D eigenvalue weighted by atomic mass is 10.1. The minimum Gasteiger partial charge on any atom is -0.502 e. The number of ether oxygens (including phenoxy) is 2. The van der Waals surface area contributed by atoms with Crippen molar-refractivity contribution in [1.82, 2.24) is 9.97 Å². The van der Waals surface area contributed by atoms with Gasteiger partial charge in [-0.2, -0.15) is 4.98 Å². The summed E-state index contributed by atoms with van der Waals surface area (Å²) < 4.78 is 10.6. The molecule has 0 amide bonds. The average Bonchev–Trinajstić information content (AvgIpc) is 2.52. The lowest BCUT2D eigenvalue weighted by Gasteiger charge is -2.21. The second-order valence-corrected chi connectivity index (χ2v) is 5.45. The lowest BCUT2D eigenvalue weighted by Crippen LogP contribution is -2.22. The summed E-state index contributed by atoms with van der Waals surface area (Å²) in [4.78, 5) is 8.68. The molecule has 0 radical (unpaired) electrons. The van der Waals surface area contributed by atoms with Crippen molar-refractivity contribution in [1.29, 1.82) is 0 Å². The van der Waals surface area contributed by atoms with E-state index in [9.17, 15) is 0 Å². The van der Waals surface area contributed by atoms with Gasteiger partial charge in [0.1, 0.15) is 0 Å². The standard InChI is InChI=1S/C17H28N4O2/c1-7-8-9-14(10-13(4)22-5)20-16-15(23-6)11-18-17(21-16)19-12(2)3/h11,14H,2,4,7-10H2,1,3,5-6H3,(H2,18,19,20,21). The zero-order valence-corrected chi connectivity index (χ0v) is 14.6. The number of rotatable bonds is 11. The van der Waals surface area contributed by atoms with Crippen molar-refractivity contribution in [3.8, 4) is 5.75 Å². The molecule has 0 saturated heterocycles. The van der Waals surface area contributed by atoms with Crippen LogP contribution >= 0.6 is 0 Å². The molecule has 0 bridgehead atoms. The Bertz CT molecular complexity index is 531. The van der Waals surface area contributed by atoms with Gasteiger partial charge in [0.25, 0.3) is 0 Å². The third-order valence-electron chi connectivity index (χ3n) is 3.31. The summed E-state index contributed by atoms with van der Waals surface area (Å²) in [7, 11) is 3.24. The molecule has 1 unspecified atom stereocenters. The molecule has 1 rings (SSSR count). The van der Waals surface area contributed by atoms with Crippen LogP contribution in [0, 0.1) is 0 Å². The number of methoxy groups -OCH3 is 2. The van der Waals surface area contributed by atoms with Gasteiger partial charge in [0.15, 0.2) is 11.6 Å². The Morgan fingerprint density at radius 1 is 1.35 bits per heavy atom. The van der Waals surface area contributed by atoms with Gasteiger partial charge >= 0.3 is 0 Å². The lowest BCUT2D eigenvalue weighted by molar-refractivity contribution is 0.272. The predicted octanol–water partition coefficient (Wildman–Crippen LogP) is 3.95. The summed E-state index contributed by atoms with van der Waals surface area (Å²) in [5.41, 5.74) is 0.774. The molecular weight excluding hydrogens is 292 g/mol. The maximum Gasteiger partial charge on any atom is 0.229 e. The Morgan fingerprint density at radius 3 is 2.65 bits per heavy atom. The number of unbranched alkanes of at least 4 members (excludes halogenated alkanes) is 1. The second-order valence-electron chi connectivity index (χ2n) is 5.45. The van der Waals surface area contributed by atoms with Gasteiger partial charge in [-0.1, -0.05) is 32.9 Å². The fraction of sp³-hybridized carbons (Fsp3) is 0.529. The van der Waals surface area contributed by atoms with Crippen molar-refractivity contribution in [2.45, 2.75) is 45.6 Å². The SMILES string of the molecule is C=C(C)Nc1ncc(OC)c(NC(CCCC)CC(=C)OC)n1. The quantitative estimate of drug-likeness (QED) is 0.602. The third kappa shape index (κ3) is 6.59. The molecule has 0 fully saturated rings. The van der Waals surface area contributed by atoms with Crippen LogP contribution in [0.25, 0.3) is 0 Å². The summed E-state index contributed by atoms with van der Waals surface area (Å²) in [6, 6.07) is 0.170. The highest BCUT2D eigenvalue weighted by Crippen LogP contribution is 2.25. The summed E-state index contributed by atoms with van der Waals surface area (Å²) in [5, 5.41) is 6.44. The van der Waals surface area contributed by atoms with E-state index in [1.807, 2.05) is 6.92 Å².